The Balaban J connectivity index is 1.95. The van der Waals surface area contributed by atoms with Crippen molar-refractivity contribution in [2.45, 2.75) is 33.0 Å². The van der Waals surface area contributed by atoms with Crippen molar-refractivity contribution in [3.8, 4) is 22.6 Å². The summed E-state index contributed by atoms with van der Waals surface area (Å²) in [5.74, 6) is 1.37. The lowest BCUT2D eigenvalue weighted by atomic mass is 9.98. The van der Waals surface area contributed by atoms with Gasteiger partial charge in [0.05, 0.1) is 31.7 Å². The molecule has 1 heterocycles. The summed E-state index contributed by atoms with van der Waals surface area (Å²) in [5.41, 5.74) is 4.77. The minimum Gasteiger partial charge on any atom is -0.497 e. The molecule has 0 spiro atoms. The number of hydrogen-bond donors (Lipinski definition) is 0. The number of hydrogen-bond acceptors (Lipinski definition) is 6. The first-order valence-corrected chi connectivity index (χ1v) is 10.0. The van der Waals surface area contributed by atoms with E-state index < -0.39 is 0 Å². The molecule has 158 valence electrons. The van der Waals surface area contributed by atoms with E-state index in [0.717, 1.165) is 40.9 Å². The van der Waals surface area contributed by atoms with Gasteiger partial charge in [0.15, 0.2) is 6.79 Å². The molecule has 0 radical (unpaired) electrons. The lowest BCUT2D eigenvalue weighted by Crippen LogP contribution is -2.07. The Bertz CT molecular complexity index is 932. The van der Waals surface area contributed by atoms with Crippen molar-refractivity contribution in [2.75, 3.05) is 21.0 Å². The van der Waals surface area contributed by atoms with Crippen LogP contribution in [0.2, 0.25) is 0 Å². The summed E-state index contributed by atoms with van der Waals surface area (Å²) in [5, 5.41) is 0. The third kappa shape index (κ3) is 5.55. The summed E-state index contributed by atoms with van der Waals surface area (Å²) < 4.78 is 22.3. The van der Waals surface area contributed by atoms with Crippen LogP contribution in [-0.2, 0) is 29.1 Å². The van der Waals surface area contributed by atoms with E-state index in [1.807, 2.05) is 48.5 Å². The van der Waals surface area contributed by atoms with Gasteiger partial charge in [-0.1, -0.05) is 43.7 Å². The van der Waals surface area contributed by atoms with Crippen molar-refractivity contribution in [3.63, 3.8) is 0 Å². The maximum atomic E-state index is 5.99. The third-order valence-corrected chi connectivity index (χ3v) is 4.63. The van der Waals surface area contributed by atoms with E-state index >= 15 is 0 Å². The van der Waals surface area contributed by atoms with Gasteiger partial charge in [0.1, 0.15) is 17.8 Å². The minimum absolute atomic E-state index is 0.136. The second kappa shape index (κ2) is 11.3. The molecule has 0 atom stereocenters. The molecule has 0 saturated carbocycles. The molecule has 3 aromatic rings. The van der Waals surface area contributed by atoms with Gasteiger partial charge in [0, 0.05) is 24.3 Å². The Kier molecular flexibility index (Phi) is 8.18. The van der Waals surface area contributed by atoms with Crippen molar-refractivity contribution in [1.82, 2.24) is 9.97 Å². The van der Waals surface area contributed by atoms with Crippen LogP contribution < -0.4 is 9.47 Å². The van der Waals surface area contributed by atoms with Crippen LogP contribution >= 0.6 is 0 Å². The zero-order valence-electron chi connectivity index (χ0n) is 17.8. The molecule has 0 saturated heterocycles. The van der Waals surface area contributed by atoms with Crippen LogP contribution in [0.3, 0.4) is 0 Å². The van der Waals surface area contributed by atoms with Crippen LogP contribution in [0.5, 0.6) is 11.5 Å². The second-order valence-corrected chi connectivity index (χ2v) is 6.78. The topological polar surface area (TPSA) is 62.7 Å². The first-order valence-electron chi connectivity index (χ1n) is 10.0. The average Bonchev–Trinajstić information content (AvgIpc) is 2.79. The van der Waals surface area contributed by atoms with Crippen LogP contribution in [-0.4, -0.2) is 31.0 Å². The largest absolute Gasteiger partial charge is 0.497 e. The summed E-state index contributed by atoms with van der Waals surface area (Å²) in [6.07, 6.45) is 3.41. The van der Waals surface area contributed by atoms with Gasteiger partial charge in [-0.25, -0.2) is 9.97 Å². The summed E-state index contributed by atoms with van der Waals surface area (Å²) >= 11 is 0. The number of benzene rings is 2. The predicted octanol–water partition coefficient (Wildman–Crippen LogP) is 4.80. The summed E-state index contributed by atoms with van der Waals surface area (Å²) in [6, 6.07) is 15.8. The zero-order chi connectivity index (χ0) is 21.2. The van der Waals surface area contributed by atoms with Crippen LogP contribution in [0, 0.1) is 0 Å². The highest BCUT2D eigenvalue weighted by molar-refractivity contribution is 5.75. The van der Waals surface area contributed by atoms with Gasteiger partial charge in [-0.05, 0) is 24.1 Å². The number of aromatic nitrogens is 2. The second-order valence-electron chi connectivity index (χ2n) is 6.78. The van der Waals surface area contributed by atoms with E-state index in [4.69, 9.17) is 18.9 Å². The monoisotopic (exact) mass is 408 g/mol. The molecule has 0 unspecified atom stereocenters. The molecule has 0 fully saturated rings. The van der Waals surface area contributed by atoms with Gasteiger partial charge in [-0.2, -0.15) is 0 Å². The van der Waals surface area contributed by atoms with Crippen LogP contribution in [0.1, 0.15) is 30.3 Å². The molecule has 0 N–H and O–H groups in total. The highest BCUT2D eigenvalue weighted by Gasteiger charge is 2.18. The molecule has 0 aliphatic rings. The highest BCUT2D eigenvalue weighted by atomic mass is 16.7. The molecule has 0 aliphatic heterocycles. The third-order valence-electron chi connectivity index (χ3n) is 4.63. The summed E-state index contributed by atoms with van der Waals surface area (Å²) in [6.45, 7) is 3.16. The quantitative estimate of drug-likeness (QED) is 0.425. The van der Waals surface area contributed by atoms with Crippen LogP contribution in [0.4, 0.5) is 0 Å². The van der Waals surface area contributed by atoms with E-state index in [1.165, 1.54) is 0 Å². The Morgan fingerprint density at radius 2 is 1.70 bits per heavy atom. The van der Waals surface area contributed by atoms with Crippen molar-refractivity contribution in [3.05, 3.63) is 71.8 Å². The lowest BCUT2D eigenvalue weighted by Gasteiger charge is -2.17. The first-order chi connectivity index (χ1) is 14.8. The van der Waals surface area contributed by atoms with E-state index in [1.54, 1.807) is 20.5 Å². The maximum absolute atomic E-state index is 5.99. The van der Waals surface area contributed by atoms with Gasteiger partial charge in [0.25, 0.3) is 0 Å². The number of rotatable bonds is 11. The molecule has 0 bridgehead atoms. The fraction of sp³-hybridized carbons (Fsp3) is 0.333. The smallest absolute Gasteiger partial charge is 0.188 e. The Morgan fingerprint density at radius 1 is 0.900 bits per heavy atom. The van der Waals surface area contributed by atoms with Crippen LogP contribution in [0.15, 0.2) is 54.9 Å². The lowest BCUT2D eigenvalue weighted by molar-refractivity contribution is 0.0513. The highest BCUT2D eigenvalue weighted by Crippen LogP contribution is 2.37. The number of aryl methyl sites for hydroxylation is 1. The molecule has 6 heteroatoms. The fourth-order valence-electron chi connectivity index (χ4n) is 3.23. The molecular weight excluding hydrogens is 380 g/mol. The van der Waals surface area contributed by atoms with Gasteiger partial charge >= 0.3 is 0 Å². The van der Waals surface area contributed by atoms with Gasteiger partial charge < -0.3 is 18.9 Å². The van der Waals surface area contributed by atoms with Crippen molar-refractivity contribution in [2.24, 2.45) is 0 Å². The number of ether oxygens (including phenoxy) is 4. The molecule has 30 heavy (non-hydrogen) atoms. The Labute approximate surface area is 177 Å². The van der Waals surface area contributed by atoms with Gasteiger partial charge in [-0.3, -0.25) is 0 Å². The van der Waals surface area contributed by atoms with Crippen molar-refractivity contribution >= 4 is 0 Å². The summed E-state index contributed by atoms with van der Waals surface area (Å²) in [4.78, 5) is 9.09. The Morgan fingerprint density at radius 3 is 2.43 bits per heavy atom. The fourth-order valence-corrected chi connectivity index (χ4v) is 3.23. The van der Waals surface area contributed by atoms with E-state index in [9.17, 15) is 0 Å². The molecule has 1 aromatic heterocycles. The molecule has 6 nitrogen and oxygen atoms in total. The van der Waals surface area contributed by atoms with Gasteiger partial charge in [-0.15, -0.1) is 0 Å². The van der Waals surface area contributed by atoms with Gasteiger partial charge in [0.2, 0.25) is 0 Å². The predicted molar refractivity (Wildman–Crippen MR) is 115 cm³/mol. The average molecular weight is 408 g/mol. The van der Waals surface area contributed by atoms with E-state index in [2.05, 4.69) is 16.9 Å². The molecule has 2 aromatic carbocycles. The standard InChI is InChI=1S/C24H28N2O4/c1-4-8-21-24(20-12-11-19(28-3)13-23(20)30-17-27-2)22(26-16-25-21)15-29-14-18-9-6-5-7-10-18/h5-7,9-13,16H,4,8,14-15,17H2,1-3H3. The SMILES string of the molecule is CCCc1ncnc(COCc2ccccc2)c1-c1ccc(OC)cc1OCOC. The first kappa shape index (κ1) is 21.7. The summed E-state index contributed by atoms with van der Waals surface area (Å²) in [7, 11) is 3.23. The normalized spacial score (nSPS) is 10.8. The van der Waals surface area contributed by atoms with Crippen molar-refractivity contribution in [1.29, 1.82) is 0 Å². The number of nitrogens with zero attached hydrogens (tertiary/aromatic N) is 2. The van der Waals surface area contributed by atoms with Crippen LogP contribution in [0.25, 0.3) is 11.1 Å². The molecule has 0 aliphatic carbocycles. The van der Waals surface area contributed by atoms with Crippen molar-refractivity contribution < 1.29 is 18.9 Å². The van der Waals surface area contributed by atoms with E-state index in [0.29, 0.717) is 24.7 Å². The Hall–Kier alpha value is -2.96. The molecular formula is C24H28N2O4. The zero-order valence-corrected chi connectivity index (χ0v) is 17.8. The van der Waals surface area contributed by atoms with E-state index in [-0.39, 0.29) is 6.79 Å². The molecule has 0 amide bonds. The maximum Gasteiger partial charge on any atom is 0.188 e. The number of methoxy groups -OCH3 is 2. The minimum atomic E-state index is 0.136. The molecule has 3 rings (SSSR count).